The molecule has 0 aromatic heterocycles. The summed E-state index contributed by atoms with van der Waals surface area (Å²) >= 11 is 0. The van der Waals surface area contributed by atoms with Crippen LogP contribution < -0.4 is 14.8 Å². The van der Waals surface area contributed by atoms with Gasteiger partial charge in [0.15, 0.2) is 0 Å². The van der Waals surface area contributed by atoms with Crippen molar-refractivity contribution in [3.05, 3.63) is 23.8 Å². The fraction of sp³-hybridized carbons (Fsp3) is 0.647. The van der Waals surface area contributed by atoms with Crippen molar-refractivity contribution >= 4 is 0 Å². The predicted octanol–water partition coefficient (Wildman–Crippen LogP) is 3.79. The maximum absolute atomic E-state index is 5.39. The monoisotopic (exact) mass is 277 g/mol. The summed E-state index contributed by atoms with van der Waals surface area (Å²) < 4.78 is 10.8. The summed E-state index contributed by atoms with van der Waals surface area (Å²) in [7, 11) is 5.46. The first-order valence-corrected chi connectivity index (χ1v) is 7.58. The Hall–Kier alpha value is -1.22. The van der Waals surface area contributed by atoms with Crippen LogP contribution in [0.25, 0.3) is 0 Å². The van der Waals surface area contributed by atoms with Gasteiger partial charge in [-0.2, -0.15) is 0 Å². The van der Waals surface area contributed by atoms with Crippen LogP contribution in [-0.4, -0.2) is 21.3 Å². The molecule has 1 aliphatic carbocycles. The smallest absolute Gasteiger partial charge is 0.122 e. The molecule has 0 bridgehead atoms. The first-order valence-electron chi connectivity index (χ1n) is 7.58. The van der Waals surface area contributed by atoms with Crippen molar-refractivity contribution in [2.24, 2.45) is 11.8 Å². The third-order valence-electron chi connectivity index (χ3n) is 4.49. The number of ether oxygens (including phenoxy) is 2. The van der Waals surface area contributed by atoms with Gasteiger partial charge in [0.25, 0.3) is 0 Å². The van der Waals surface area contributed by atoms with Gasteiger partial charge in [0.2, 0.25) is 0 Å². The van der Waals surface area contributed by atoms with Crippen molar-refractivity contribution in [3.63, 3.8) is 0 Å². The number of benzene rings is 1. The highest BCUT2D eigenvalue weighted by Crippen LogP contribution is 2.38. The number of methoxy groups -OCH3 is 2. The highest BCUT2D eigenvalue weighted by atomic mass is 16.5. The van der Waals surface area contributed by atoms with E-state index in [9.17, 15) is 0 Å². The Morgan fingerprint density at radius 1 is 1.10 bits per heavy atom. The molecular formula is C17H27NO2. The highest BCUT2D eigenvalue weighted by Gasteiger charge is 2.27. The summed E-state index contributed by atoms with van der Waals surface area (Å²) in [5, 5.41) is 3.50. The second-order valence-electron chi connectivity index (χ2n) is 5.94. The summed E-state index contributed by atoms with van der Waals surface area (Å²) in [6.07, 6.45) is 5.31. The highest BCUT2D eigenvalue weighted by molar-refractivity contribution is 5.40. The van der Waals surface area contributed by atoms with Crippen LogP contribution >= 0.6 is 0 Å². The molecular weight excluding hydrogens is 250 g/mol. The molecule has 0 heterocycles. The van der Waals surface area contributed by atoms with Crippen LogP contribution in [0.15, 0.2) is 18.2 Å². The van der Waals surface area contributed by atoms with E-state index in [1.54, 1.807) is 14.2 Å². The van der Waals surface area contributed by atoms with E-state index in [2.05, 4.69) is 31.4 Å². The summed E-state index contributed by atoms with van der Waals surface area (Å²) in [6, 6.07) is 6.56. The Morgan fingerprint density at radius 3 is 2.25 bits per heavy atom. The van der Waals surface area contributed by atoms with Crippen molar-refractivity contribution in [1.29, 1.82) is 0 Å². The molecule has 0 spiro atoms. The molecule has 2 rings (SSSR count). The molecule has 1 aromatic carbocycles. The second kappa shape index (κ2) is 6.98. The number of nitrogens with one attached hydrogen (secondary N) is 1. The quantitative estimate of drug-likeness (QED) is 0.888. The normalized spacial score (nSPS) is 24.2. The Balaban J connectivity index is 2.25. The number of rotatable bonds is 5. The zero-order valence-corrected chi connectivity index (χ0v) is 13.1. The first-order chi connectivity index (χ1) is 9.67. The Labute approximate surface area is 122 Å². The summed E-state index contributed by atoms with van der Waals surface area (Å²) in [5.41, 5.74) is 1.27. The molecule has 1 aliphatic rings. The topological polar surface area (TPSA) is 30.5 Å². The molecule has 3 atom stereocenters. The van der Waals surface area contributed by atoms with E-state index in [-0.39, 0.29) is 0 Å². The average molecular weight is 277 g/mol. The van der Waals surface area contributed by atoms with Crippen LogP contribution in [0.1, 0.15) is 44.2 Å². The third-order valence-corrected chi connectivity index (χ3v) is 4.49. The zero-order valence-electron chi connectivity index (χ0n) is 13.1. The summed E-state index contributed by atoms with van der Waals surface area (Å²) in [5.74, 6) is 3.25. The van der Waals surface area contributed by atoms with Crippen LogP contribution in [0.2, 0.25) is 0 Å². The fourth-order valence-electron chi connectivity index (χ4n) is 3.47. The Morgan fingerprint density at radius 2 is 1.75 bits per heavy atom. The van der Waals surface area contributed by atoms with E-state index in [1.807, 2.05) is 6.07 Å². The van der Waals surface area contributed by atoms with Gasteiger partial charge in [-0.25, -0.2) is 0 Å². The molecule has 3 heteroatoms. The standard InChI is InChI=1S/C17H27NO2/c1-12-6-5-7-13(8-12)17(18-2)14-9-15(19-3)11-16(10-14)20-4/h9-13,17-18H,5-8H2,1-4H3. The van der Waals surface area contributed by atoms with E-state index < -0.39 is 0 Å². The van der Waals surface area contributed by atoms with Crippen molar-refractivity contribution in [1.82, 2.24) is 5.32 Å². The van der Waals surface area contributed by atoms with E-state index in [4.69, 9.17) is 9.47 Å². The molecule has 1 fully saturated rings. The van der Waals surface area contributed by atoms with Gasteiger partial charge in [-0.1, -0.05) is 19.8 Å². The molecule has 0 saturated heterocycles. The lowest BCUT2D eigenvalue weighted by atomic mass is 9.76. The van der Waals surface area contributed by atoms with Crippen LogP contribution in [0.3, 0.4) is 0 Å². The average Bonchev–Trinajstić information content (AvgIpc) is 2.47. The van der Waals surface area contributed by atoms with Crippen LogP contribution in [0.5, 0.6) is 11.5 Å². The van der Waals surface area contributed by atoms with Gasteiger partial charge in [0.1, 0.15) is 11.5 Å². The lowest BCUT2D eigenvalue weighted by Crippen LogP contribution is -2.29. The molecule has 3 nitrogen and oxygen atoms in total. The van der Waals surface area contributed by atoms with Gasteiger partial charge in [-0.15, -0.1) is 0 Å². The van der Waals surface area contributed by atoms with Crippen molar-refractivity contribution in [2.75, 3.05) is 21.3 Å². The van der Waals surface area contributed by atoms with Gasteiger partial charge < -0.3 is 14.8 Å². The van der Waals surface area contributed by atoms with E-state index in [0.29, 0.717) is 12.0 Å². The van der Waals surface area contributed by atoms with Crippen molar-refractivity contribution in [2.45, 2.75) is 38.6 Å². The van der Waals surface area contributed by atoms with E-state index in [1.165, 1.54) is 31.2 Å². The fourth-order valence-corrected chi connectivity index (χ4v) is 3.47. The number of hydrogen-bond donors (Lipinski definition) is 1. The first kappa shape index (κ1) is 15.2. The minimum Gasteiger partial charge on any atom is -0.497 e. The minimum atomic E-state index is 0.377. The zero-order chi connectivity index (χ0) is 14.5. The lowest BCUT2D eigenvalue weighted by Gasteiger charge is -2.33. The molecule has 1 N–H and O–H groups in total. The Kier molecular flexibility index (Phi) is 5.30. The van der Waals surface area contributed by atoms with Crippen LogP contribution in [0.4, 0.5) is 0 Å². The van der Waals surface area contributed by atoms with Crippen molar-refractivity contribution < 1.29 is 9.47 Å². The number of hydrogen-bond acceptors (Lipinski definition) is 3. The maximum atomic E-state index is 5.39. The van der Waals surface area contributed by atoms with Gasteiger partial charge in [0.05, 0.1) is 14.2 Å². The minimum absolute atomic E-state index is 0.377. The molecule has 0 aliphatic heterocycles. The molecule has 1 aromatic rings. The Bertz CT molecular complexity index is 411. The molecule has 1 saturated carbocycles. The maximum Gasteiger partial charge on any atom is 0.122 e. The lowest BCUT2D eigenvalue weighted by molar-refractivity contribution is 0.229. The van der Waals surface area contributed by atoms with Crippen molar-refractivity contribution in [3.8, 4) is 11.5 Å². The third kappa shape index (κ3) is 3.45. The van der Waals surface area contributed by atoms with E-state index >= 15 is 0 Å². The van der Waals surface area contributed by atoms with Crippen LogP contribution in [0, 0.1) is 11.8 Å². The van der Waals surface area contributed by atoms with Gasteiger partial charge >= 0.3 is 0 Å². The van der Waals surface area contributed by atoms with Crippen LogP contribution in [-0.2, 0) is 0 Å². The van der Waals surface area contributed by atoms with Gasteiger partial charge in [-0.05, 0) is 49.4 Å². The second-order valence-corrected chi connectivity index (χ2v) is 5.94. The molecule has 112 valence electrons. The molecule has 20 heavy (non-hydrogen) atoms. The van der Waals surface area contributed by atoms with Gasteiger partial charge in [0, 0.05) is 12.1 Å². The molecule has 3 unspecified atom stereocenters. The molecule has 0 radical (unpaired) electrons. The summed E-state index contributed by atoms with van der Waals surface area (Å²) in [4.78, 5) is 0. The predicted molar refractivity (Wildman–Crippen MR) is 82.5 cm³/mol. The SMILES string of the molecule is CNC(c1cc(OC)cc(OC)c1)C1CCCC(C)C1. The molecule has 0 amide bonds. The summed E-state index contributed by atoms with van der Waals surface area (Å²) in [6.45, 7) is 2.37. The van der Waals surface area contributed by atoms with Gasteiger partial charge in [-0.3, -0.25) is 0 Å². The van der Waals surface area contributed by atoms with E-state index in [0.717, 1.165) is 17.4 Å². The largest absolute Gasteiger partial charge is 0.497 e.